The quantitative estimate of drug-likeness (QED) is 0.582. The van der Waals surface area contributed by atoms with Crippen molar-refractivity contribution in [2.75, 3.05) is 0 Å². The number of ketones is 1. The second-order valence-electron chi connectivity index (χ2n) is 7.31. The van der Waals surface area contributed by atoms with Crippen molar-refractivity contribution in [3.63, 3.8) is 0 Å². The summed E-state index contributed by atoms with van der Waals surface area (Å²) >= 11 is 0. The predicted molar refractivity (Wildman–Crippen MR) is 84.8 cm³/mol. The lowest BCUT2D eigenvalue weighted by Crippen LogP contribution is -2.73. The van der Waals surface area contributed by atoms with E-state index in [1.807, 2.05) is 6.07 Å². The van der Waals surface area contributed by atoms with Crippen molar-refractivity contribution in [2.45, 2.75) is 30.6 Å². The van der Waals surface area contributed by atoms with Crippen LogP contribution >= 0.6 is 0 Å². The lowest BCUT2D eigenvalue weighted by atomic mass is 9.31. The van der Waals surface area contributed by atoms with Crippen molar-refractivity contribution in [3.05, 3.63) is 70.8 Å². The van der Waals surface area contributed by atoms with Gasteiger partial charge in [-0.3, -0.25) is 4.79 Å². The van der Waals surface area contributed by atoms with Gasteiger partial charge in [0.15, 0.2) is 0 Å². The number of Topliss-reactive ketones (excluding diaryl/α,β-unsaturated/α-hetero) is 1. The van der Waals surface area contributed by atoms with Crippen LogP contribution in [0.1, 0.15) is 40.7 Å². The van der Waals surface area contributed by atoms with Gasteiger partial charge < -0.3 is 0 Å². The van der Waals surface area contributed by atoms with Gasteiger partial charge in [-0.1, -0.05) is 12.1 Å². The normalized spacial score (nSPS) is 26.4. The Hall–Kier alpha value is -2.68. The van der Waals surface area contributed by atoms with Crippen LogP contribution in [0.25, 0.3) is 0 Å². The van der Waals surface area contributed by atoms with Crippen LogP contribution in [0.2, 0.25) is 0 Å². The van der Waals surface area contributed by atoms with Gasteiger partial charge in [-0.25, -0.2) is 8.78 Å². The minimum atomic E-state index is -3.71. The van der Waals surface area contributed by atoms with E-state index in [1.165, 1.54) is 0 Å². The molecule has 2 nitrogen and oxygen atoms in total. The molecule has 0 heterocycles. The highest BCUT2D eigenvalue weighted by Gasteiger charge is 2.79. The third-order valence-electron chi connectivity index (χ3n) is 5.78. The van der Waals surface area contributed by atoms with E-state index in [4.69, 9.17) is 5.26 Å². The van der Waals surface area contributed by atoms with Gasteiger partial charge >= 0.3 is 5.92 Å². The van der Waals surface area contributed by atoms with E-state index in [2.05, 4.69) is 0 Å². The van der Waals surface area contributed by atoms with E-state index >= 15 is 0 Å². The molecule has 0 N–H and O–H groups in total. The summed E-state index contributed by atoms with van der Waals surface area (Å²) in [5.74, 6) is -7.50. The molecule has 3 aliphatic rings. The number of carbonyl (C=O) groups excluding carboxylic acids is 1. The second-order valence-corrected chi connectivity index (χ2v) is 7.31. The molecule has 132 valence electrons. The van der Waals surface area contributed by atoms with Gasteiger partial charge in [0, 0.05) is 11.5 Å². The smallest absolute Gasteiger partial charge is 0.287 e. The zero-order chi connectivity index (χ0) is 18.7. The Labute approximate surface area is 147 Å². The summed E-state index contributed by atoms with van der Waals surface area (Å²) in [6, 6.07) is 10.8. The fourth-order valence-electron chi connectivity index (χ4n) is 4.41. The van der Waals surface area contributed by atoms with Crippen molar-refractivity contribution in [1.82, 2.24) is 0 Å². The Morgan fingerprint density at radius 1 is 1.04 bits per heavy atom. The molecule has 2 bridgehead atoms. The number of hydrogen-bond acceptors (Lipinski definition) is 2. The first-order valence-corrected chi connectivity index (χ1v) is 8.11. The maximum absolute atomic E-state index is 14.8. The number of hydrogen-bond donors (Lipinski definition) is 0. The van der Waals surface area contributed by atoms with Gasteiger partial charge in [0.2, 0.25) is 5.78 Å². The highest BCUT2D eigenvalue weighted by atomic mass is 19.3. The van der Waals surface area contributed by atoms with Gasteiger partial charge in [0.1, 0.15) is 11.6 Å². The van der Waals surface area contributed by atoms with Gasteiger partial charge in [-0.05, 0) is 54.5 Å². The molecule has 2 aromatic rings. The zero-order valence-electron chi connectivity index (χ0n) is 13.5. The van der Waals surface area contributed by atoms with Crippen LogP contribution < -0.4 is 0 Å². The molecule has 0 aromatic heterocycles. The first-order chi connectivity index (χ1) is 12.2. The van der Waals surface area contributed by atoms with Crippen molar-refractivity contribution in [1.29, 1.82) is 5.26 Å². The van der Waals surface area contributed by atoms with E-state index in [0.29, 0.717) is 11.6 Å². The SMILES string of the molecule is N#Cc1ccc(C23CC(C(F)(F)C(=O)c4ccc(F)cc4F)(C2)C3)cc1. The van der Waals surface area contributed by atoms with Crippen LogP contribution in [-0.4, -0.2) is 11.7 Å². The summed E-state index contributed by atoms with van der Waals surface area (Å²) in [4.78, 5) is 12.2. The number of halogens is 4. The molecule has 0 radical (unpaired) electrons. The molecule has 26 heavy (non-hydrogen) atoms. The van der Waals surface area contributed by atoms with E-state index in [0.717, 1.165) is 17.7 Å². The summed E-state index contributed by atoms with van der Waals surface area (Å²) in [5.41, 5.74) is -1.30. The number of alkyl halides is 2. The van der Waals surface area contributed by atoms with Crippen LogP contribution in [0.5, 0.6) is 0 Å². The van der Waals surface area contributed by atoms with Crippen molar-refractivity contribution >= 4 is 5.78 Å². The monoisotopic (exact) mass is 359 g/mol. The largest absolute Gasteiger partial charge is 0.315 e. The lowest BCUT2D eigenvalue weighted by molar-refractivity contribution is -0.256. The van der Waals surface area contributed by atoms with Gasteiger partial charge in [-0.15, -0.1) is 0 Å². The maximum atomic E-state index is 14.8. The molecular formula is C20H13F4NO. The highest BCUT2D eigenvalue weighted by molar-refractivity contribution is 6.02. The predicted octanol–water partition coefficient (Wildman–Crippen LogP) is 4.78. The fraction of sp³-hybridized carbons (Fsp3) is 0.300. The van der Waals surface area contributed by atoms with E-state index < -0.39 is 39.7 Å². The third kappa shape index (κ3) is 2.06. The molecule has 0 aliphatic heterocycles. The van der Waals surface area contributed by atoms with E-state index in [-0.39, 0.29) is 19.3 Å². The molecule has 0 saturated heterocycles. The molecule has 0 spiro atoms. The standard InChI is InChI=1S/C20H13F4NO/c21-14-5-6-15(16(22)7-14)17(26)20(23,24)19-9-18(10-19,11-19)13-3-1-12(8-25)2-4-13/h1-7H,9-11H2. The van der Waals surface area contributed by atoms with E-state index in [1.54, 1.807) is 24.3 Å². The van der Waals surface area contributed by atoms with E-state index in [9.17, 15) is 22.4 Å². The fourth-order valence-corrected chi connectivity index (χ4v) is 4.41. The second kappa shape index (κ2) is 5.16. The minimum absolute atomic E-state index is 0.132. The molecule has 2 aromatic carbocycles. The van der Waals surface area contributed by atoms with Crippen molar-refractivity contribution in [3.8, 4) is 6.07 Å². The molecule has 0 atom stereocenters. The van der Waals surface area contributed by atoms with Gasteiger partial charge in [0.25, 0.3) is 0 Å². The maximum Gasteiger partial charge on any atom is 0.315 e. The first kappa shape index (κ1) is 16.8. The summed E-state index contributed by atoms with van der Waals surface area (Å²) in [6.07, 6.45) is 0.397. The lowest BCUT2D eigenvalue weighted by Gasteiger charge is -2.72. The molecule has 3 fully saturated rings. The summed E-state index contributed by atoms with van der Waals surface area (Å²) in [5, 5.41) is 8.83. The zero-order valence-corrected chi connectivity index (χ0v) is 13.5. The van der Waals surface area contributed by atoms with Crippen molar-refractivity contribution < 1.29 is 22.4 Å². The summed E-state index contributed by atoms with van der Waals surface area (Å²) < 4.78 is 56.3. The van der Waals surface area contributed by atoms with Gasteiger partial charge in [-0.2, -0.15) is 14.0 Å². The van der Waals surface area contributed by atoms with Crippen LogP contribution in [0.3, 0.4) is 0 Å². The molecule has 0 unspecified atom stereocenters. The van der Waals surface area contributed by atoms with Crippen LogP contribution in [0.4, 0.5) is 17.6 Å². The molecule has 3 aliphatic carbocycles. The molecular weight excluding hydrogens is 346 g/mol. The highest BCUT2D eigenvalue weighted by Crippen LogP contribution is 2.78. The summed E-state index contributed by atoms with van der Waals surface area (Å²) in [6.45, 7) is 0. The molecule has 5 rings (SSSR count). The Morgan fingerprint density at radius 3 is 2.19 bits per heavy atom. The molecule has 0 amide bonds. The van der Waals surface area contributed by atoms with Crippen molar-refractivity contribution in [2.24, 2.45) is 5.41 Å². The van der Waals surface area contributed by atoms with Crippen LogP contribution in [-0.2, 0) is 5.41 Å². The Balaban J connectivity index is 1.56. The average Bonchev–Trinajstić information content (AvgIpc) is 2.52. The minimum Gasteiger partial charge on any atom is -0.287 e. The Kier molecular flexibility index (Phi) is 3.33. The van der Waals surface area contributed by atoms with Gasteiger partial charge in [0.05, 0.1) is 17.2 Å². The topological polar surface area (TPSA) is 40.9 Å². The Morgan fingerprint density at radius 2 is 1.65 bits per heavy atom. The third-order valence-corrected chi connectivity index (χ3v) is 5.78. The van der Waals surface area contributed by atoms with Crippen LogP contribution in [0.15, 0.2) is 42.5 Å². The average molecular weight is 359 g/mol. The first-order valence-electron chi connectivity index (χ1n) is 8.11. The number of rotatable bonds is 4. The molecule has 6 heteroatoms. The van der Waals surface area contributed by atoms with Crippen LogP contribution in [0, 0.1) is 28.4 Å². The number of carbonyl (C=O) groups is 1. The number of nitriles is 1. The molecule has 3 saturated carbocycles. The Bertz CT molecular complexity index is 939. The number of benzene rings is 2. The summed E-state index contributed by atoms with van der Waals surface area (Å²) in [7, 11) is 0. The number of nitrogens with zero attached hydrogens (tertiary/aromatic N) is 1.